The van der Waals surface area contributed by atoms with Crippen molar-refractivity contribution in [3.8, 4) is 0 Å². The van der Waals surface area contributed by atoms with Crippen LogP contribution in [0, 0.1) is 0 Å². The second kappa shape index (κ2) is 68.6. The highest BCUT2D eigenvalue weighted by molar-refractivity contribution is 5.71. The van der Waals surface area contributed by atoms with Gasteiger partial charge >= 0.3 is 17.9 Å². The SMILES string of the molecule is CC/C=C\C/C=C\C/C=C\C/C=C\C/C=C\CCCCCCCCCCCCCC(=O)OCC(COC(=O)CCCCCCCCCCCCCCCC)OC(=O)CCCCCCCCCCCCCCCCCCCCCCC. The predicted octanol–water partition coefficient (Wildman–Crippen LogP) is 24.3. The molecule has 0 aliphatic heterocycles. The Balaban J connectivity index is 4.26. The fourth-order valence-electron chi connectivity index (χ4n) is 10.5. The van der Waals surface area contributed by atoms with Gasteiger partial charge in [0.15, 0.2) is 6.10 Å². The molecule has 0 N–H and O–H groups in total. The number of carbonyl (C=O) groups is 3. The molecule has 6 heteroatoms. The lowest BCUT2D eigenvalue weighted by Gasteiger charge is -2.18. The number of allylic oxidation sites excluding steroid dienone is 10. The van der Waals surface area contributed by atoms with Gasteiger partial charge in [0, 0.05) is 19.3 Å². The third-order valence-electron chi connectivity index (χ3n) is 15.8. The highest BCUT2D eigenvalue weighted by Gasteiger charge is 2.19. The number of esters is 3. The van der Waals surface area contributed by atoms with E-state index in [1.165, 1.54) is 244 Å². The van der Waals surface area contributed by atoms with Crippen molar-refractivity contribution in [2.24, 2.45) is 0 Å². The zero-order valence-electron chi connectivity index (χ0n) is 53.6. The van der Waals surface area contributed by atoms with Gasteiger partial charge in [-0.1, -0.05) is 351 Å². The van der Waals surface area contributed by atoms with E-state index in [9.17, 15) is 14.4 Å². The first-order valence-electron chi connectivity index (χ1n) is 35.3. The molecule has 1 unspecified atom stereocenters. The van der Waals surface area contributed by atoms with Crippen LogP contribution in [0.3, 0.4) is 0 Å². The summed E-state index contributed by atoms with van der Waals surface area (Å²) in [7, 11) is 0. The van der Waals surface area contributed by atoms with E-state index in [4.69, 9.17) is 14.2 Å². The minimum absolute atomic E-state index is 0.0686. The number of ether oxygens (including phenoxy) is 3. The van der Waals surface area contributed by atoms with Crippen molar-refractivity contribution < 1.29 is 28.6 Å². The summed E-state index contributed by atoms with van der Waals surface area (Å²) < 4.78 is 17.0. The van der Waals surface area contributed by atoms with E-state index in [0.717, 1.165) is 89.9 Å². The molecule has 0 aromatic heterocycles. The van der Waals surface area contributed by atoms with Gasteiger partial charge in [0.25, 0.3) is 0 Å². The highest BCUT2D eigenvalue weighted by atomic mass is 16.6. The summed E-state index contributed by atoms with van der Waals surface area (Å²) in [6.45, 7) is 6.59. The van der Waals surface area contributed by atoms with Gasteiger partial charge in [-0.15, -0.1) is 0 Å². The Bertz CT molecular complexity index is 1430. The van der Waals surface area contributed by atoms with Crippen LogP contribution in [0.2, 0.25) is 0 Å². The second-order valence-corrected chi connectivity index (χ2v) is 23.8. The first-order chi connectivity index (χ1) is 39.5. The average molecular weight is 1120 g/mol. The van der Waals surface area contributed by atoms with E-state index in [-0.39, 0.29) is 31.1 Å². The molecule has 0 rings (SSSR count). The molecule has 0 aliphatic rings. The van der Waals surface area contributed by atoms with Crippen molar-refractivity contribution in [3.05, 3.63) is 60.8 Å². The number of hydrogen-bond acceptors (Lipinski definition) is 6. The van der Waals surface area contributed by atoms with Crippen LogP contribution in [0.5, 0.6) is 0 Å². The second-order valence-electron chi connectivity index (χ2n) is 23.8. The Kier molecular flexibility index (Phi) is 66.1. The summed E-state index contributed by atoms with van der Waals surface area (Å²) in [5.41, 5.74) is 0. The highest BCUT2D eigenvalue weighted by Crippen LogP contribution is 2.18. The molecule has 0 saturated carbocycles. The monoisotopic (exact) mass is 1120 g/mol. The normalized spacial score (nSPS) is 12.4. The van der Waals surface area contributed by atoms with Crippen LogP contribution in [0.4, 0.5) is 0 Å². The molecule has 80 heavy (non-hydrogen) atoms. The molecule has 6 nitrogen and oxygen atoms in total. The molecule has 0 spiro atoms. The Morgan fingerprint density at radius 1 is 0.263 bits per heavy atom. The molecule has 1 atom stereocenters. The maximum atomic E-state index is 13.0. The number of unbranched alkanes of at least 4 members (excludes halogenated alkanes) is 44. The van der Waals surface area contributed by atoms with Gasteiger partial charge in [-0.25, -0.2) is 0 Å². The van der Waals surface area contributed by atoms with Crippen LogP contribution < -0.4 is 0 Å². The van der Waals surface area contributed by atoms with Crippen LogP contribution in [-0.4, -0.2) is 37.2 Å². The number of rotatable bonds is 65. The van der Waals surface area contributed by atoms with Crippen LogP contribution >= 0.6 is 0 Å². The minimum atomic E-state index is -0.773. The first-order valence-corrected chi connectivity index (χ1v) is 35.3. The smallest absolute Gasteiger partial charge is 0.306 e. The largest absolute Gasteiger partial charge is 0.462 e. The summed E-state index contributed by atoms with van der Waals surface area (Å²) in [4.78, 5) is 38.4. The summed E-state index contributed by atoms with van der Waals surface area (Å²) >= 11 is 0. The average Bonchev–Trinajstić information content (AvgIpc) is 3.46. The molecule has 466 valence electrons. The quantitative estimate of drug-likeness (QED) is 0.0261. The number of hydrogen-bond donors (Lipinski definition) is 0. The van der Waals surface area contributed by atoms with E-state index < -0.39 is 6.10 Å². The Labute approximate surface area is 498 Å². The molecule has 0 aromatic rings. The molecule has 0 radical (unpaired) electrons. The Hall–Kier alpha value is -2.89. The van der Waals surface area contributed by atoms with Crippen LogP contribution in [0.15, 0.2) is 60.8 Å². The van der Waals surface area contributed by atoms with Gasteiger partial charge in [-0.3, -0.25) is 14.4 Å². The zero-order chi connectivity index (χ0) is 57.8. The van der Waals surface area contributed by atoms with Crippen molar-refractivity contribution in [2.45, 2.75) is 380 Å². The molecule has 0 bridgehead atoms. The van der Waals surface area contributed by atoms with E-state index in [1.807, 2.05) is 0 Å². The molecule has 0 amide bonds. The molecule has 0 heterocycles. The lowest BCUT2D eigenvalue weighted by Crippen LogP contribution is -2.30. The zero-order valence-corrected chi connectivity index (χ0v) is 53.6. The molecule has 0 aliphatic carbocycles. The van der Waals surface area contributed by atoms with E-state index in [2.05, 4.69) is 81.5 Å². The molecule has 0 saturated heterocycles. The molecular formula is C74H134O6. The van der Waals surface area contributed by atoms with Gasteiger partial charge in [-0.05, 0) is 64.2 Å². The van der Waals surface area contributed by atoms with Crippen molar-refractivity contribution in [2.75, 3.05) is 13.2 Å². The van der Waals surface area contributed by atoms with Gasteiger partial charge < -0.3 is 14.2 Å². The standard InChI is InChI=1S/C74H134O6/c1-4-7-10-13-16-19-22-25-28-30-32-34-35-36-37-38-39-41-42-44-46-49-52-55-58-61-64-67-73(76)79-70-71(69-78-72(75)66-63-60-57-54-51-48-27-24-21-18-15-12-9-6-3)80-74(77)68-65-62-59-56-53-50-47-45-43-40-33-31-29-26-23-20-17-14-11-8-5-2/h7,10,16,19,25,28,32,34,36-37,71H,4-6,8-9,11-15,17-18,20-24,26-27,29-31,33,35,38-70H2,1-3H3/b10-7-,19-16-,28-25-,34-32-,37-36-. The minimum Gasteiger partial charge on any atom is -0.462 e. The van der Waals surface area contributed by atoms with Gasteiger partial charge in [-0.2, -0.15) is 0 Å². The van der Waals surface area contributed by atoms with E-state index in [1.54, 1.807) is 0 Å². The van der Waals surface area contributed by atoms with E-state index >= 15 is 0 Å². The first kappa shape index (κ1) is 77.1. The maximum absolute atomic E-state index is 13.0. The predicted molar refractivity (Wildman–Crippen MR) is 348 cm³/mol. The van der Waals surface area contributed by atoms with Crippen molar-refractivity contribution in [3.63, 3.8) is 0 Å². The fourth-order valence-corrected chi connectivity index (χ4v) is 10.5. The molecule has 0 aromatic carbocycles. The summed E-state index contributed by atoms with van der Waals surface area (Å²) in [5.74, 6) is -0.844. The van der Waals surface area contributed by atoms with Gasteiger partial charge in [0.05, 0.1) is 0 Å². The van der Waals surface area contributed by atoms with Crippen molar-refractivity contribution in [1.29, 1.82) is 0 Å². The molecule has 0 fully saturated rings. The molecular weight excluding hydrogens is 985 g/mol. The van der Waals surface area contributed by atoms with Crippen LogP contribution in [0.25, 0.3) is 0 Å². The van der Waals surface area contributed by atoms with Crippen molar-refractivity contribution in [1.82, 2.24) is 0 Å². The van der Waals surface area contributed by atoms with Crippen molar-refractivity contribution >= 4 is 17.9 Å². The van der Waals surface area contributed by atoms with Gasteiger partial charge in [0.2, 0.25) is 0 Å². The van der Waals surface area contributed by atoms with Crippen LogP contribution in [-0.2, 0) is 28.6 Å². The third-order valence-corrected chi connectivity index (χ3v) is 15.8. The third kappa shape index (κ3) is 65.9. The van der Waals surface area contributed by atoms with Gasteiger partial charge in [0.1, 0.15) is 13.2 Å². The lowest BCUT2D eigenvalue weighted by molar-refractivity contribution is -0.167. The Morgan fingerprint density at radius 3 is 0.762 bits per heavy atom. The van der Waals surface area contributed by atoms with E-state index in [0.29, 0.717) is 19.3 Å². The Morgan fingerprint density at radius 2 is 0.487 bits per heavy atom. The topological polar surface area (TPSA) is 78.9 Å². The summed E-state index contributed by atoms with van der Waals surface area (Å²) in [6, 6.07) is 0. The van der Waals surface area contributed by atoms with Crippen LogP contribution in [0.1, 0.15) is 374 Å². The summed E-state index contributed by atoms with van der Waals surface area (Å²) in [5, 5.41) is 0. The fraction of sp³-hybridized carbons (Fsp3) is 0.824. The summed E-state index contributed by atoms with van der Waals surface area (Å²) in [6.07, 6.45) is 88.1. The lowest BCUT2D eigenvalue weighted by atomic mass is 10.0. The number of carbonyl (C=O) groups excluding carboxylic acids is 3. The maximum Gasteiger partial charge on any atom is 0.306 e.